The number of piperidine rings is 1. The molecule has 3 aromatic rings. The molecular weight excluding hydrogens is 482 g/mol. The van der Waals surface area contributed by atoms with Gasteiger partial charge < -0.3 is 4.90 Å². The molecule has 182 valence electrons. The molecule has 0 N–H and O–H groups in total. The van der Waals surface area contributed by atoms with Crippen LogP contribution in [0.2, 0.25) is 5.02 Å². The molecule has 1 aromatic heterocycles. The predicted octanol–water partition coefficient (Wildman–Crippen LogP) is 6.80. The van der Waals surface area contributed by atoms with Crippen LogP contribution in [0, 0.1) is 18.7 Å². The number of nitrogens with zero attached hydrogens (tertiary/aromatic N) is 3. The molecule has 3 heterocycles. The van der Waals surface area contributed by atoms with Crippen LogP contribution in [0.15, 0.2) is 42.5 Å². The van der Waals surface area contributed by atoms with Crippen molar-refractivity contribution >= 4 is 17.5 Å². The van der Waals surface area contributed by atoms with E-state index in [4.69, 9.17) is 11.6 Å². The van der Waals surface area contributed by atoms with E-state index in [0.29, 0.717) is 30.1 Å². The van der Waals surface area contributed by atoms with Gasteiger partial charge in [-0.3, -0.25) is 4.79 Å². The molecule has 35 heavy (non-hydrogen) atoms. The lowest BCUT2D eigenvalue weighted by molar-refractivity contribution is -0.137. The number of carbonyl (C=O) groups is 1. The lowest BCUT2D eigenvalue weighted by Crippen LogP contribution is -2.53. The molecule has 0 aliphatic carbocycles. The first-order valence-corrected chi connectivity index (χ1v) is 11.8. The third-order valence-corrected chi connectivity index (χ3v) is 7.42. The van der Waals surface area contributed by atoms with Gasteiger partial charge in [-0.2, -0.15) is 13.2 Å². The van der Waals surface area contributed by atoms with Crippen LogP contribution >= 0.6 is 11.6 Å². The van der Waals surface area contributed by atoms with Gasteiger partial charge >= 0.3 is 6.18 Å². The van der Waals surface area contributed by atoms with E-state index in [-0.39, 0.29) is 23.3 Å². The second-order valence-electron chi connectivity index (χ2n) is 9.21. The fourth-order valence-corrected chi connectivity index (χ4v) is 5.64. The zero-order valence-corrected chi connectivity index (χ0v) is 19.8. The van der Waals surface area contributed by atoms with Crippen LogP contribution in [0.3, 0.4) is 0 Å². The molecule has 3 atom stereocenters. The number of aromatic nitrogens is 2. The summed E-state index contributed by atoms with van der Waals surface area (Å²) in [5.74, 6) is -0.276. The van der Waals surface area contributed by atoms with E-state index in [1.165, 1.54) is 24.3 Å². The van der Waals surface area contributed by atoms with Crippen LogP contribution in [0.4, 0.5) is 17.6 Å². The lowest BCUT2D eigenvalue weighted by atomic mass is 9.75. The minimum atomic E-state index is -4.67. The Morgan fingerprint density at radius 2 is 1.80 bits per heavy atom. The zero-order valence-electron chi connectivity index (χ0n) is 19.0. The number of carbonyl (C=O) groups excluding carboxylic acids is 1. The third kappa shape index (κ3) is 4.07. The van der Waals surface area contributed by atoms with Crippen LogP contribution in [0.25, 0.3) is 11.3 Å². The highest BCUT2D eigenvalue weighted by atomic mass is 35.5. The van der Waals surface area contributed by atoms with Crippen LogP contribution in [-0.4, -0.2) is 26.8 Å². The average molecular weight is 504 g/mol. The zero-order chi connectivity index (χ0) is 25.1. The number of amides is 1. The molecule has 0 radical (unpaired) electrons. The smallest absolute Gasteiger partial charge is 0.326 e. The summed E-state index contributed by atoms with van der Waals surface area (Å²) in [4.78, 5) is 24.7. The topological polar surface area (TPSA) is 46.1 Å². The number of fused-ring (bicyclic) bond motifs is 4. The van der Waals surface area contributed by atoms with E-state index in [0.717, 1.165) is 23.6 Å². The van der Waals surface area contributed by atoms with Crippen LogP contribution in [0.1, 0.15) is 58.8 Å². The fourth-order valence-electron chi connectivity index (χ4n) is 5.32. The van der Waals surface area contributed by atoms with Gasteiger partial charge in [0.2, 0.25) is 0 Å². The van der Waals surface area contributed by atoms with Gasteiger partial charge in [0, 0.05) is 17.2 Å². The first kappa shape index (κ1) is 23.7. The molecular formula is C26H22ClF4N3O. The van der Waals surface area contributed by atoms with Crippen molar-refractivity contribution in [3.05, 3.63) is 81.5 Å². The van der Waals surface area contributed by atoms with Gasteiger partial charge in [0.25, 0.3) is 5.91 Å². The molecule has 2 aliphatic heterocycles. The predicted molar refractivity (Wildman–Crippen MR) is 123 cm³/mol. The molecule has 2 aromatic carbocycles. The van der Waals surface area contributed by atoms with Crippen molar-refractivity contribution in [3.8, 4) is 11.3 Å². The van der Waals surface area contributed by atoms with Crippen molar-refractivity contribution in [1.29, 1.82) is 0 Å². The number of alkyl halides is 3. The van der Waals surface area contributed by atoms with Gasteiger partial charge in [-0.25, -0.2) is 14.4 Å². The van der Waals surface area contributed by atoms with E-state index >= 15 is 0 Å². The van der Waals surface area contributed by atoms with Gasteiger partial charge in [0.15, 0.2) is 0 Å². The SMILES string of the molecule is Cc1nc(-c2ccc(F)cc2)c2c(n1)[C@@H]1CCC(C)[C@H](C2)N1C(=O)c1cccc(C(F)(F)F)c1Cl. The molecule has 2 aliphatic rings. The number of benzene rings is 2. The fraction of sp³-hybridized carbons (Fsp3) is 0.346. The molecule has 1 unspecified atom stereocenters. The Morgan fingerprint density at radius 3 is 2.49 bits per heavy atom. The number of hydrogen-bond donors (Lipinski definition) is 0. The number of aryl methyl sites for hydroxylation is 1. The standard InChI is InChI=1S/C26H22ClF4N3O/c1-13-6-11-20-24-18(23(32-14(2)33-24)15-7-9-16(28)10-8-15)12-21(13)34(20)25(35)17-4-3-5-19(22(17)27)26(29,30)31/h3-5,7-10,13,20-21H,6,11-12H2,1-2H3/t13?,20-,21-/m0/s1. The van der Waals surface area contributed by atoms with E-state index in [1.807, 2.05) is 6.92 Å². The van der Waals surface area contributed by atoms with Crippen LogP contribution in [0.5, 0.6) is 0 Å². The van der Waals surface area contributed by atoms with Gasteiger partial charge in [-0.05, 0) is 68.5 Å². The Labute approximate surface area is 205 Å². The maximum atomic E-state index is 13.7. The molecule has 1 saturated heterocycles. The Kier molecular flexibility index (Phi) is 5.82. The molecule has 5 rings (SSSR count). The minimum absolute atomic E-state index is 0.107. The lowest BCUT2D eigenvalue weighted by Gasteiger charge is -2.49. The molecule has 4 nitrogen and oxygen atoms in total. The highest BCUT2D eigenvalue weighted by molar-refractivity contribution is 6.34. The Hall–Kier alpha value is -3.00. The summed E-state index contributed by atoms with van der Waals surface area (Å²) in [5.41, 5.74) is 1.83. The van der Waals surface area contributed by atoms with Gasteiger partial charge in [0.05, 0.1) is 33.6 Å². The van der Waals surface area contributed by atoms with Gasteiger partial charge in [-0.1, -0.05) is 24.6 Å². The Morgan fingerprint density at radius 1 is 1.09 bits per heavy atom. The first-order chi connectivity index (χ1) is 16.6. The summed E-state index contributed by atoms with van der Waals surface area (Å²) in [5, 5.41) is -0.590. The Balaban J connectivity index is 1.63. The number of rotatable bonds is 2. The summed E-state index contributed by atoms with van der Waals surface area (Å²) < 4.78 is 53.9. The number of halogens is 5. The Bertz CT molecular complexity index is 1310. The van der Waals surface area contributed by atoms with Crippen LogP contribution < -0.4 is 0 Å². The molecule has 2 bridgehead atoms. The van der Waals surface area contributed by atoms with Crippen molar-refractivity contribution in [2.45, 2.75) is 51.4 Å². The summed E-state index contributed by atoms with van der Waals surface area (Å²) >= 11 is 6.12. The maximum absolute atomic E-state index is 13.7. The van der Waals surface area contributed by atoms with Crippen molar-refractivity contribution in [2.24, 2.45) is 5.92 Å². The molecule has 1 fully saturated rings. The number of hydrogen-bond acceptors (Lipinski definition) is 3. The normalized spacial score (nSPS) is 21.6. The first-order valence-electron chi connectivity index (χ1n) is 11.4. The van der Waals surface area contributed by atoms with Crippen molar-refractivity contribution in [1.82, 2.24) is 14.9 Å². The summed E-state index contributed by atoms with van der Waals surface area (Å²) in [6, 6.07) is 8.81. The van der Waals surface area contributed by atoms with Crippen molar-refractivity contribution in [2.75, 3.05) is 0 Å². The second kappa shape index (κ2) is 8.59. The minimum Gasteiger partial charge on any atom is -0.326 e. The van der Waals surface area contributed by atoms with E-state index < -0.39 is 28.7 Å². The molecule has 1 amide bonds. The second-order valence-corrected chi connectivity index (χ2v) is 9.59. The van der Waals surface area contributed by atoms with Gasteiger partial charge in [0.1, 0.15) is 11.6 Å². The molecule has 9 heteroatoms. The van der Waals surface area contributed by atoms with Gasteiger partial charge in [-0.15, -0.1) is 0 Å². The quantitative estimate of drug-likeness (QED) is 0.361. The molecule has 0 saturated carbocycles. The van der Waals surface area contributed by atoms with Crippen molar-refractivity contribution < 1.29 is 22.4 Å². The third-order valence-electron chi connectivity index (χ3n) is 7.01. The monoisotopic (exact) mass is 503 g/mol. The van der Waals surface area contributed by atoms with E-state index in [9.17, 15) is 22.4 Å². The van der Waals surface area contributed by atoms with E-state index in [1.54, 1.807) is 24.0 Å². The molecule has 0 spiro atoms. The average Bonchev–Trinajstić information content (AvgIpc) is 2.80. The highest BCUT2D eigenvalue weighted by Crippen LogP contribution is 2.47. The highest BCUT2D eigenvalue weighted by Gasteiger charge is 2.46. The van der Waals surface area contributed by atoms with E-state index in [2.05, 4.69) is 9.97 Å². The van der Waals surface area contributed by atoms with Crippen molar-refractivity contribution in [3.63, 3.8) is 0 Å². The maximum Gasteiger partial charge on any atom is 0.417 e. The summed E-state index contributed by atoms with van der Waals surface area (Å²) in [7, 11) is 0. The van der Waals surface area contributed by atoms with Crippen LogP contribution in [-0.2, 0) is 12.6 Å². The largest absolute Gasteiger partial charge is 0.417 e. The summed E-state index contributed by atoms with van der Waals surface area (Å²) in [6.07, 6.45) is -2.75. The summed E-state index contributed by atoms with van der Waals surface area (Å²) in [6.45, 7) is 3.78.